The average Bonchev–Trinajstić information content (AvgIpc) is 2.25. The lowest BCUT2D eigenvalue weighted by Crippen LogP contribution is -2.45. The van der Waals surface area contributed by atoms with Gasteiger partial charge in [-0.15, -0.1) is 37.2 Å². The van der Waals surface area contributed by atoms with E-state index in [0.29, 0.717) is 11.5 Å². The first kappa shape index (κ1) is 20.4. The van der Waals surface area contributed by atoms with Crippen molar-refractivity contribution in [3.63, 3.8) is 0 Å². The molecule has 0 saturated carbocycles. The van der Waals surface area contributed by atoms with Gasteiger partial charge in [-0.25, -0.2) is 0 Å². The zero-order valence-electron chi connectivity index (χ0n) is 10.6. The maximum absolute atomic E-state index is 5.86. The van der Waals surface area contributed by atoms with E-state index >= 15 is 0 Å². The van der Waals surface area contributed by atoms with Gasteiger partial charge < -0.3 is 27.0 Å². The van der Waals surface area contributed by atoms with Crippen LogP contribution in [0.15, 0.2) is 0 Å². The Bertz CT molecular complexity index is 396. The predicted octanol–water partition coefficient (Wildman–Crippen LogP) is 0.240. The number of aromatic nitrogens is 2. The number of hydrogen-bond donors (Lipinski definition) is 3. The number of piperazine rings is 1. The Hall–Kier alpha value is -0.890. The van der Waals surface area contributed by atoms with E-state index in [1.165, 1.54) is 0 Å². The number of rotatable bonds is 1. The number of halogens is 3. The standard InChI is InChI=1S/C9H17N7.3ClH/c1-15-2-4-16(5-3-15)8-6(10)7(11)13-9(12)14-8;;;/h2-5,10H2,1H3,(H4,11,12,13,14);3*1H. The predicted molar refractivity (Wildman–Crippen MR) is 86.7 cm³/mol. The third-order valence-electron chi connectivity index (χ3n) is 2.78. The molecule has 112 valence electrons. The molecule has 6 N–H and O–H groups in total. The molecule has 0 amide bonds. The molecule has 1 aromatic heterocycles. The monoisotopic (exact) mass is 331 g/mol. The van der Waals surface area contributed by atoms with E-state index in [9.17, 15) is 0 Å². The van der Waals surface area contributed by atoms with Gasteiger partial charge in [-0.05, 0) is 7.05 Å². The molecule has 1 fully saturated rings. The number of likely N-dealkylation sites (N-methyl/N-ethyl adjacent to an activating group) is 1. The number of nitrogen functional groups attached to an aromatic ring is 3. The fraction of sp³-hybridized carbons (Fsp3) is 0.556. The normalized spacial score (nSPS) is 14.9. The van der Waals surface area contributed by atoms with E-state index < -0.39 is 0 Å². The highest BCUT2D eigenvalue weighted by molar-refractivity contribution is 5.86. The number of nitrogens with two attached hydrogens (primary N) is 3. The molecule has 7 nitrogen and oxygen atoms in total. The SMILES string of the molecule is CN1CCN(c2nc(N)nc(N)c2N)CC1.Cl.Cl.Cl. The van der Waals surface area contributed by atoms with Crippen molar-refractivity contribution >= 4 is 60.5 Å². The molecule has 0 aromatic carbocycles. The van der Waals surface area contributed by atoms with Gasteiger partial charge in [0.1, 0.15) is 5.69 Å². The quantitative estimate of drug-likeness (QED) is 0.675. The summed E-state index contributed by atoms with van der Waals surface area (Å²) in [5, 5.41) is 0. The Morgan fingerprint density at radius 1 is 0.895 bits per heavy atom. The molecule has 0 unspecified atom stereocenters. The summed E-state index contributed by atoms with van der Waals surface area (Å²) in [4.78, 5) is 12.3. The van der Waals surface area contributed by atoms with Gasteiger partial charge in [0, 0.05) is 26.2 Å². The highest BCUT2D eigenvalue weighted by Crippen LogP contribution is 2.26. The Kier molecular flexibility index (Phi) is 8.94. The van der Waals surface area contributed by atoms with Crippen molar-refractivity contribution in [2.45, 2.75) is 0 Å². The zero-order chi connectivity index (χ0) is 11.7. The van der Waals surface area contributed by atoms with Crippen molar-refractivity contribution in [2.75, 3.05) is 55.3 Å². The lowest BCUT2D eigenvalue weighted by Gasteiger charge is -2.33. The van der Waals surface area contributed by atoms with Gasteiger partial charge >= 0.3 is 0 Å². The molecular weight excluding hydrogens is 313 g/mol. The Morgan fingerprint density at radius 3 is 1.95 bits per heavy atom. The van der Waals surface area contributed by atoms with E-state index in [2.05, 4.69) is 26.8 Å². The van der Waals surface area contributed by atoms with Crippen molar-refractivity contribution < 1.29 is 0 Å². The zero-order valence-corrected chi connectivity index (χ0v) is 13.0. The minimum Gasteiger partial charge on any atom is -0.393 e. The number of anilines is 4. The molecule has 2 heterocycles. The molecule has 0 radical (unpaired) electrons. The van der Waals surface area contributed by atoms with Crippen molar-refractivity contribution in [1.29, 1.82) is 0 Å². The van der Waals surface area contributed by atoms with Crippen LogP contribution in [0.4, 0.5) is 23.3 Å². The summed E-state index contributed by atoms with van der Waals surface area (Å²) in [7, 11) is 2.09. The van der Waals surface area contributed by atoms with E-state index in [1.54, 1.807) is 0 Å². The highest BCUT2D eigenvalue weighted by atomic mass is 35.5. The van der Waals surface area contributed by atoms with Gasteiger partial charge in [-0.2, -0.15) is 9.97 Å². The van der Waals surface area contributed by atoms with Crippen LogP contribution in [-0.2, 0) is 0 Å². The molecule has 0 spiro atoms. The van der Waals surface area contributed by atoms with Gasteiger partial charge in [0.15, 0.2) is 11.6 Å². The van der Waals surface area contributed by atoms with Gasteiger partial charge in [0.05, 0.1) is 0 Å². The molecule has 0 bridgehead atoms. The van der Waals surface area contributed by atoms with Crippen LogP contribution in [0.1, 0.15) is 0 Å². The molecule has 1 aliphatic heterocycles. The molecule has 2 rings (SSSR count). The first-order chi connectivity index (χ1) is 7.58. The average molecular weight is 333 g/mol. The number of nitrogens with zero attached hydrogens (tertiary/aromatic N) is 4. The largest absolute Gasteiger partial charge is 0.393 e. The smallest absolute Gasteiger partial charge is 0.224 e. The minimum atomic E-state index is 0. The van der Waals surface area contributed by atoms with Crippen LogP contribution < -0.4 is 22.1 Å². The summed E-state index contributed by atoms with van der Waals surface area (Å²) >= 11 is 0. The van der Waals surface area contributed by atoms with E-state index in [1.807, 2.05) is 0 Å². The van der Waals surface area contributed by atoms with Gasteiger partial charge in [0.2, 0.25) is 5.95 Å². The Labute approximate surface area is 131 Å². The lowest BCUT2D eigenvalue weighted by molar-refractivity contribution is 0.312. The second-order valence-corrected chi connectivity index (χ2v) is 3.99. The van der Waals surface area contributed by atoms with Crippen LogP contribution in [0.5, 0.6) is 0 Å². The minimum absolute atomic E-state index is 0. The van der Waals surface area contributed by atoms with E-state index in [4.69, 9.17) is 17.2 Å². The van der Waals surface area contributed by atoms with Crippen molar-refractivity contribution in [2.24, 2.45) is 0 Å². The maximum atomic E-state index is 5.86. The topological polar surface area (TPSA) is 110 Å². The summed E-state index contributed by atoms with van der Waals surface area (Å²) in [6.07, 6.45) is 0. The molecule has 10 heteroatoms. The lowest BCUT2D eigenvalue weighted by atomic mass is 10.3. The second-order valence-electron chi connectivity index (χ2n) is 3.99. The number of hydrogen-bond acceptors (Lipinski definition) is 7. The van der Waals surface area contributed by atoms with Gasteiger partial charge in [-0.3, -0.25) is 0 Å². The van der Waals surface area contributed by atoms with Crippen LogP contribution >= 0.6 is 37.2 Å². The summed E-state index contributed by atoms with van der Waals surface area (Å²) in [5.74, 6) is 1.07. The first-order valence-electron chi connectivity index (χ1n) is 5.20. The molecule has 0 atom stereocenters. The van der Waals surface area contributed by atoms with E-state index in [0.717, 1.165) is 26.2 Å². The third-order valence-corrected chi connectivity index (χ3v) is 2.78. The Balaban J connectivity index is 0. The molecule has 1 aromatic rings. The highest BCUT2D eigenvalue weighted by Gasteiger charge is 2.19. The maximum Gasteiger partial charge on any atom is 0.224 e. The van der Waals surface area contributed by atoms with Crippen LogP contribution in [0.3, 0.4) is 0 Å². The molecule has 1 saturated heterocycles. The summed E-state index contributed by atoms with van der Waals surface area (Å²) in [6, 6.07) is 0. The summed E-state index contributed by atoms with van der Waals surface area (Å²) < 4.78 is 0. The summed E-state index contributed by atoms with van der Waals surface area (Å²) in [6.45, 7) is 3.69. The summed E-state index contributed by atoms with van der Waals surface area (Å²) in [5.41, 5.74) is 17.5. The van der Waals surface area contributed by atoms with Crippen molar-refractivity contribution in [3.8, 4) is 0 Å². The van der Waals surface area contributed by atoms with Crippen LogP contribution in [0, 0.1) is 0 Å². The molecule has 1 aliphatic rings. The fourth-order valence-corrected chi connectivity index (χ4v) is 1.75. The fourth-order valence-electron chi connectivity index (χ4n) is 1.75. The van der Waals surface area contributed by atoms with Crippen molar-refractivity contribution in [1.82, 2.24) is 14.9 Å². The molecule has 19 heavy (non-hydrogen) atoms. The second kappa shape index (κ2) is 8.31. The third kappa shape index (κ3) is 4.61. The molecular formula is C9H20Cl3N7. The first-order valence-corrected chi connectivity index (χ1v) is 5.20. The van der Waals surface area contributed by atoms with E-state index in [-0.39, 0.29) is 49.0 Å². The Morgan fingerprint density at radius 2 is 1.42 bits per heavy atom. The van der Waals surface area contributed by atoms with Crippen LogP contribution in [0.2, 0.25) is 0 Å². The van der Waals surface area contributed by atoms with Crippen LogP contribution in [0.25, 0.3) is 0 Å². The van der Waals surface area contributed by atoms with Gasteiger partial charge in [0.25, 0.3) is 0 Å². The van der Waals surface area contributed by atoms with Crippen LogP contribution in [-0.4, -0.2) is 48.1 Å². The van der Waals surface area contributed by atoms with Crippen molar-refractivity contribution in [3.05, 3.63) is 0 Å². The molecule has 0 aliphatic carbocycles. The van der Waals surface area contributed by atoms with Gasteiger partial charge in [-0.1, -0.05) is 0 Å².